The van der Waals surface area contributed by atoms with Gasteiger partial charge in [-0.1, -0.05) is 30.3 Å². The Hall–Kier alpha value is -2.50. The first kappa shape index (κ1) is 19.3. The van der Waals surface area contributed by atoms with Crippen LogP contribution >= 0.6 is 12.4 Å². The number of carbonyl (C=O) groups excluding carboxylic acids is 1. The molecule has 0 spiro atoms. The first-order chi connectivity index (χ1) is 12.7. The Labute approximate surface area is 164 Å². The van der Waals surface area contributed by atoms with Crippen molar-refractivity contribution in [1.82, 2.24) is 10.2 Å². The number of hydrogen-bond donors (Lipinski definition) is 1. The summed E-state index contributed by atoms with van der Waals surface area (Å²) in [6.45, 7) is 1.75. The lowest BCUT2D eigenvalue weighted by Gasteiger charge is -2.23. The second kappa shape index (κ2) is 8.03. The van der Waals surface area contributed by atoms with Gasteiger partial charge in [-0.25, -0.2) is 0 Å². The number of nitrogens with one attached hydrogen (secondary N) is 1. The van der Waals surface area contributed by atoms with E-state index in [2.05, 4.69) is 5.32 Å². The van der Waals surface area contributed by atoms with Crippen LogP contribution in [0.4, 0.5) is 0 Å². The van der Waals surface area contributed by atoms with E-state index >= 15 is 0 Å². The highest BCUT2D eigenvalue weighted by Gasteiger charge is 2.29. The summed E-state index contributed by atoms with van der Waals surface area (Å²) in [5.74, 6) is 1.000. The van der Waals surface area contributed by atoms with Gasteiger partial charge in [0.15, 0.2) is 0 Å². The molecular formula is C21H23ClN2O3. The van der Waals surface area contributed by atoms with E-state index in [1.165, 1.54) is 0 Å². The van der Waals surface area contributed by atoms with Crippen molar-refractivity contribution >= 4 is 29.3 Å². The number of ether oxygens (including phenoxy) is 1. The van der Waals surface area contributed by atoms with Crippen molar-refractivity contribution in [3.8, 4) is 16.9 Å². The molecule has 0 bridgehead atoms. The van der Waals surface area contributed by atoms with E-state index in [0.717, 1.165) is 36.0 Å². The minimum Gasteiger partial charge on any atom is -0.497 e. The summed E-state index contributed by atoms with van der Waals surface area (Å²) in [5, 5.41) is 4.22. The minimum atomic E-state index is -0.0901. The normalized spacial score (nSPS) is 16.1. The van der Waals surface area contributed by atoms with Crippen LogP contribution < -0.4 is 10.1 Å². The van der Waals surface area contributed by atoms with Gasteiger partial charge in [0.1, 0.15) is 11.3 Å². The lowest BCUT2D eigenvalue weighted by Crippen LogP contribution is -2.38. The number of methoxy groups -OCH3 is 1. The summed E-state index contributed by atoms with van der Waals surface area (Å²) in [7, 11) is 3.47. The van der Waals surface area contributed by atoms with Gasteiger partial charge < -0.3 is 19.4 Å². The van der Waals surface area contributed by atoms with E-state index in [4.69, 9.17) is 9.15 Å². The van der Waals surface area contributed by atoms with Gasteiger partial charge in [0.25, 0.3) is 5.91 Å². The Morgan fingerprint density at radius 3 is 2.67 bits per heavy atom. The molecule has 1 saturated heterocycles. The highest BCUT2D eigenvalue weighted by atomic mass is 35.5. The van der Waals surface area contributed by atoms with Gasteiger partial charge in [0, 0.05) is 36.7 Å². The van der Waals surface area contributed by atoms with Gasteiger partial charge in [-0.3, -0.25) is 4.79 Å². The first-order valence-corrected chi connectivity index (χ1v) is 8.83. The molecule has 6 heteroatoms. The van der Waals surface area contributed by atoms with E-state index in [9.17, 15) is 4.79 Å². The molecule has 1 unspecified atom stereocenters. The molecule has 0 radical (unpaired) electrons. The molecule has 3 aromatic rings. The molecule has 142 valence electrons. The molecule has 1 aromatic heterocycles. The van der Waals surface area contributed by atoms with Crippen LogP contribution in [0.15, 0.2) is 52.9 Å². The van der Waals surface area contributed by atoms with Gasteiger partial charge in [0.05, 0.1) is 7.11 Å². The number of likely N-dealkylation sites (N-methyl/N-ethyl adjacent to an activating group) is 1. The molecule has 27 heavy (non-hydrogen) atoms. The molecule has 1 aliphatic heterocycles. The van der Waals surface area contributed by atoms with Crippen LogP contribution in [-0.2, 0) is 0 Å². The largest absolute Gasteiger partial charge is 0.497 e. The maximum Gasteiger partial charge on any atom is 0.290 e. The number of fused-ring (bicyclic) bond motifs is 1. The molecule has 2 aromatic carbocycles. The van der Waals surface area contributed by atoms with Crippen molar-refractivity contribution in [3.63, 3.8) is 0 Å². The highest BCUT2D eigenvalue weighted by molar-refractivity contribution is 6.08. The van der Waals surface area contributed by atoms with Crippen molar-refractivity contribution in [2.45, 2.75) is 12.5 Å². The molecule has 1 N–H and O–H groups in total. The van der Waals surface area contributed by atoms with Gasteiger partial charge in [-0.2, -0.15) is 0 Å². The lowest BCUT2D eigenvalue weighted by atomic mass is 10.0. The van der Waals surface area contributed by atoms with Gasteiger partial charge in [0.2, 0.25) is 5.76 Å². The molecule has 1 fully saturated rings. The molecule has 0 saturated carbocycles. The quantitative estimate of drug-likeness (QED) is 0.737. The summed E-state index contributed by atoms with van der Waals surface area (Å²) >= 11 is 0. The molecule has 5 nitrogen and oxygen atoms in total. The van der Waals surface area contributed by atoms with Gasteiger partial charge >= 0.3 is 0 Å². The SMILES string of the molecule is COc1ccc2c(-c3ccccc3)c(C(=O)N(C)C3CCNC3)oc2c1.Cl. The zero-order valence-electron chi connectivity index (χ0n) is 15.4. The van der Waals surface area contributed by atoms with E-state index < -0.39 is 0 Å². The zero-order valence-corrected chi connectivity index (χ0v) is 16.2. The Morgan fingerprint density at radius 2 is 2.00 bits per heavy atom. The molecule has 4 rings (SSSR count). The Morgan fingerprint density at radius 1 is 1.22 bits per heavy atom. The number of rotatable bonds is 4. The second-order valence-electron chi connectivity index (χ2n) is 6.60. The topological polar surface area (TPSA) is 54.7 Å². The summed E-state index contributed by atoms with van der Waals surface area (Å²) < 4.78 is 11.3. The number of amides is 1. The van der Waals surface area contributed by atoms with E-state index in [-0.39, 0.29) is 24.4 Å². The Kier molecular flexibility index (Phi) is 5.73. The minimum absolute atomic E-state index is 0. The predicted molar refractivity (Wildman–Crippen MR) is 109 cm³/mol. The molecule has 1 atom stereocenters. The summed E-state index contributed by atoms with van der Waals surface area (Å²) in [6.07, 6.45) is 0.955. The number of hydrogen-bond acceptors (Lipinski definition) is 4. The average molecular weight is 387 g/mol. The zero-order chi connectivity index (χ0) is 18.1. The fourth-order valence-corrected chi connectivity index (χ4v) is 3.54. The molecular weight excluding hydrogens is 364 g/mol. The van der Waals surface area contributed by atoms with Crippen LogP contribution in [0.1, 0.15) is 17.0 Å². The number of halogens is 1. The summed E-state index contributed by atoms with van der Waals surface area (Å²) in [5.41, 5.74) is 2.47. The maximum absolute atomic E-state index is 13.2. The standard InChI is InChI=1S/C21H22N2O3.ClH/c1-23(15-10-11-22-13-15)21(24)20-19(14-6-4-3-5-7-14)17-9-8-16(25-2)12-18(17)26-20;/h3-9,12,15,22H,10-11,13H2,1-2H3;1H. The van der Waals surface area contributed by atoms with Crippen LogP contribution in [0.25, 0.3) is 22.1 Å². The van der Waals surface area contributed by atoms with Gasteiger partial charge in [-0.15, -0.1) is 12.4 Å². The van der Waals surface area contributed by atoms with Crippen LogP contribution in [0.3, 0.4) is 0 Å². The fraction of sp³-hybridized carbons (Fsp3) is 0.286. The van der Waals surface area contributed by atoms with Crippen molar-refractivity contribution in [3.05, 3.63) is 54.3 Å². The van der Waals surface area contributed by atoms with E-state index in [1.54, 1.807) is 12.0 Å². The third kappa shape index (κ3) is 3.53. The summed E-state index contributed by atoms with van der Waals surface area (Å²) in [4.78, 5) is 15.0. The van der Waals surface area contributed by atoms with Crippen LogP contribution in [0.2, 0.25) is 0 Å². The van der Waals surface area contributed by atoms with Crippen LogP contribution in [-0.4, -0.2) is 44.1 Å². The second-order valence-corrected chi connectivity index (χ2v) is 6.60. The Balaban J connectivity index is 0.00000210. The van der Waals surface area contributed by atoms with Crippen LogP contribution in [0, 0.1) is 0 Å². The van der Waals surface area contributed by atoms with E-state index in [0.29, 0.717) is 17.1 Å². The van der Waals surface area contributed by atoms with Gasteiger partial charge in [-0.05, 0) is 30.7 Å². The molecule has 1 amide bonds. The number of furan rings is 1. The van der Waals surface area contributed by atoms with Crippen LogP contribution in [0.5, 0.6) is 5.75 Å². The van der Waals surface area contributed by atoms with Crippen molar-refractivity contribution in [1.29, 1.82) is 0 Å². The van der Waals surface area contributed by atoms with Crippen molar-refractivity contribution in [2.75, 3.05) is 27.2 Å². The molecule has 1 aliphatic rings. The molecule has 0 aliphatic carbocycles. The third-order valence-corrected chi connectivity index (χ3v) is 5.06. The monoisotopic (exact) mass is 386 g/mol. The molecule has 2 heterocycles. The average Bonchev–Trinajstić information content (AvgIpc) is 3.34. The van der Waals surface area contributed by atoms with E-state index in [1.807, 2.05) is 55.6 Å². The number of nitrogens with zero attached hydrogens (tertiary/aromatic N) is 1. The smallest absolute Gasteiger partial charge is 0.290 e. The number of carbonyl (C=O) groups is 1. The highest BCUT2D eigenvalue weighted by Crippen LogP contribution is 2.37. The predicted octanol–water partition coefficient (Wildman–Crippen LogP) is 3.96. The third-order valence-electron chi connectivity index (χ3n) is 5.06. The van der Waals surface area contributed by atoms with Crippen molar-refractivity contribution < 1.29 is 13.9 Å². The lowest BCUT2D eigenvalue weighted by molar-refractivity contribution is 0.0715. The fourth-order valence-electron chi connectivity index (χ4n) is 3.54. The maximum atomic E-state index is 13.2. The number of benzene rings is 2. The van der Waals surface area contributed by atoms with Crippen molar-refractivity contribution in [2.24, 2.45) is 0 Å². The summed E-state index contributed by atoms with van der Waals surface area (Å²) in [6, 6.07) is 15.8. The Bertz CT molecular complexity index is 933. The first-order valence-electron chi connectivity index (χ1n) is 8.83.